The predicted molar refractivity (Wildman–Crippen MR) is 104 cm³/mol. The first kappa shape index (κ1) is 17.3. The zero-order valence-corrected chi connectivity index (χ0v) is 16.0. The first-order chi connectivity index (χ1) is 12.6. The van der Waals surface area contributed by atoms with Crippen LogP contribution in [0.1, 0.15) is 51.4 Å². The molecule has 1 aromatic heterocycles. The quantitative estimate of drug-likeness (QED) is 0.878. The third-order valence-electron chi connectivity index (χ3n) is 5.50. The van der Waals surface area contributed by atoms with Gasteiger partial charge in [0.05, 0.1) is 10.9 Å². The van der Waals surface area contributed by atoms with Gasteiger partial charge >= 0.3 is 0 Å². The third kappa shape index (κ3) is 3.28. The second-order valence-electron chi connectivity index (χ2n) is 7.29. The number of carbonyl (C=O) groups is 2. The summed E-state index contributed by atoms with van der Waals surface area (Å²) >= 11 is 1.54. The maximum Gasteiger partial charge on any atom is 0.261 e. The van der Waals surface area contributed by atoms with Gasteiger partial charge < -0.3 is 10.2 Å². The second-order valence-corrected chi connectivity index (χ2v) is 8.54. The molecular weight excluding hydrogens is 344 g/mol. The molecule has 3 atom stereocenters. The van der Waals surface area contributed by atoms with E-state index in [9.17, 15) is 9.59 Å². The van der Waals surface area contributed by atoms with Crippen molar-refractivity contribution in [1.82, 2.24) is 10.2 Å². The number of hydrogen-bond donors (Lipinski definition) is 1. The number of thiophene rings is 1. The van der Waals surface area contributed by atoms with E-state index < -0.39 is 0 Å². The fourth-order valence-electron chi connectivity index (χ4n) is 3.97. The van der Waals surface area contributed by atoms with Gasteiger partial charge in [-0.3, -0.25) is 9.59 Å². The molecule has 2 heterocycles. The maximum absolute atomic E-state index is 12.5. The average molecular weight is 369 g/mol. The molecular formula is C21H24N2O2S. The summed E-state index contributed by atoms with van der Waals surface area (Å²) in [6, 6.07) is 12.6. The van der Waals surface area contributed by atoms with Crippen molar-refractivity contribution in [2.45, 2.75) is 51.1 Å². The summed E-state index contributed by atoms with van der Waals surface area (Å²) in [6.45, 7) is 4.78. The number of aryl methyl sites for hydroxylation is 2. The standard InChI is InChI=1S/C21H24N2O2S/c1-3-14-9-19(26-13(14)2)21(25)22-16-10-20(24)23(12-16)18-11-17(18)15-7-5-4-6-8-15/h4-9,16-18H,3,10-12H2,1-2H3,(H,22,25)/t16-,17-,18-/m1/s1. The highest BCUT2D eigenvalue weighted by molar-refractivity contribution is 7.14. The minimum absolute atomic E-state index is 0.0483. The molecule has 2 fully saturated rings. The molecule has 4 nitrogen and oxygen atoms in total. The SMILES string of the molecule is CCc1cc(C(=O)N[C@@H]2CC(=O)N([C@@H]3C[C@@H]3c3ccccc3)C2)sc1C. The van der Waals surface area contributed by atoms with Crippen molar-refractivity contribution in [3.8, 4) is 0 Å². The number of nitrogens with zero attached hydrogens (tertiary/aromatic N) is 1. The fraction of sp³-hybridized carbons (Fsp3) is 0.429. The van der Waals surface area contributed by atoms with E-state index in [1.807, 2.05) is 29.2 Å². The van der Waals surface area contributed by atoms with E-state index in [0.29, 0.717) is 24.9 Å². The van der Waals surface area contributed by atoms with Crippen molar-refractivity contribution in [3.05, 3.63) is 57.3 Å². The zero-order valence-electron chi connectivity index (χ0n) is 15.2. The molecule has 1 saturated carbocycles. The van der Waals surface area contributed by atoms with Gasteiger partial charge in [-0.1, -0.05) is 37.3 Å². The van der Waals surface area contributed by atoms with E-state index in [2.05, 4.69) is 31.3 Å². The molecule has 1 aliphatic heterocycles. The van der Waals surface area contributed by atoms with E-state index >= 15 is 0 Å². The summed E-state index contributed by atoms with van der Waals surface area (Å²) in [4.78, 5) is 28.9. The van der Waals surface area contributed by atoms with Gasteiger partial charge in [0.15, 0.2) is 0 Å². The number of likely N-dealkylation sites (tertiary alicyclic amines) is 1. The molecule has 5 heteroatoms. The van der Waals surface area contributed by atoms with E-state index in [1.54, 1.807) is 0 Å². The van der Waals surface area contributed by atoms with Gasteiger partial charge in [-0.15, -0.1) is 11.3 Å². The summed E-state index contributed by atoms with van der Waals surface area (Å²) < 4.78 is 0. The number of nitrogens with one attached hydrogen (secondary N) is 1. The summed E-state index contributed by atoms with van der Waals surface area (Å²) in [5.74, 6) is 0.560. The maximum atomic E-state index is 12.5. The Kier molecular flexibility index (Phi) is 4.57. The molecule has 136 valence electrons. The number of benzene rings is 1. The third-order valence-corrected chi connectivity index (χ3v) is 6.60. The number of hydrogen-bond acceptors (Lipinski definition) is 3. The largest absolute Gasteiger partial charge is 0.346 e. The van der Waals surface area contributed by atoms with E-state index in [0.717, 1.165) is 17.7 Å². The number of carbonyl (C=O) groups excluding carboxylic acids is 2. The predicted octanol–water partition coefficient (Wildman–Crippen LogP) is 3.51. The lowest BCUT2D eigenvalue weighted by Crippen LogP contribution is -2.37. The topological polar surface area (TPSA) is 49.4 Å². The van der Waals surface area contributed by atoms with Gasteiger partial charge in [-0.25, -0.2) is 0 Å². The molecule has 0 unspecified atom stereocenters. The Balaban J connectivity index is 1.37. The van der Waals surface area contributed by atoms with Crippen LogP contribution in [0.25, 0.3) is 0 Å². The van der Waals surface area contributed by atoms with E-state index in [4.69, 9.17) is 0 Å². The Labute approximate surface area is 158 Å². The van der Waals surface area contributed by atoms with Gasteiger partial charge in [0.1, 0.15) is 0 Å². The lowest BCUT2D eigenvalue weighted by molar-refractivity contribution is -0.128. The highest BCUT2D eigenvalue weighted by Gasteiger charge is 2.48. The molecule has 0 radical (unpaired) electrons. The smallest absolute Gasteiger partial charge is 0.261 e. The summed E-state index contributed by atoms with van der Waals surface area (Å²) in [7, 11) is 0. The van der Waals surface area contributed by atoms with Gasteiger partial charge in [0, 0.05) is 29.8 Å². The van der Waals surface area contributed by atoms with Crippen LogP contribution in [0, 0.1) is 6.92 Å². The number of rotatable bonds is 5. The molecule has 1 aliphatic carbocycles. The first-order valence-electron chi connectivity index (χ1n) is 9.31. The highest BCUT2D eigenvalue weighted by Crippen LogP contribution is 2.45. The van der Waals surface area contributed by atoms with Crippen molar-refractivity contribution < 1.29 is 9.59 Å². The van der Waals surface area contributed by atoms with Gasteiger partial charge in [0.2, 0.25) is 5.91 Å². The Morgan fingerprint density at radius 1 is 1.31 bits per heavy atom. The van der Waals surface area contributed by atoms with Crippen LogP contribution >= 0.6 is 11.3 Å². The van der Waals surface area contributed by atoms with Crippen LogP contribution in [0.2, 0.25) is 0 Å². The molecule has 2 amide bonds. The normalized spacial score (nSPS) is 24.8. The molecule has 4 rings (SSSR count). The van der Waals surface area contributed by atoms with Gasteiger partial charge in [0.25, 0.3) is 5.91 Å². The zero-order chi connectivity index (χ0) is 18.3. The average Bonchev–Trinajstić information content (AvgIpc) is 3.22. The molecule has 1 saturated heterocycles. The number of amides is 2. The molecule has 0 bridgehead atoms. The first-order valence-corrected chi connectivity index (χ1v) is 10.1. The fourth-order valence-corrected chi connectivity index (χ4v) is 4.99. The van der Waals surface area contributed by atoms with Crippen molar-refractivity contribution >= 4 is 23.2 Å². The minimum Gasteiger partial charge on any atom is -0.346 e. The van der Waals surface area contributed by atoms with Crippen molar-refractivity contribution in [3.63, 3.8) is 0 Å². The van der Waals surface area contributed by atoms with Gasteiger partial charge in [-0.2, -0.15) is 0 Å². The molecule has 1 aromatic carbocycles. The van der Waals surface area contributed by atoms with Crippen LogP contribution in [0.3, 0.4) is 0 Å². The summed E-state index contributed by atoms with van der Waals surface area (Å²) in [5, 5.41) is 3.07. The van der Waals surface area contributed by atoms with Crippen LogP contribution in [0.15, 0.2) is 36.4 Å². The van der Waals surface area contributed by atoms with Crippen molar-refractivity contribution in [2.24, 2.45) is 0 Å². The van der Waals surface area contributed by atoms with Crippen molar-refractivity contribution in [1.29, 1.82) is 0 Å². The Morgan fingerprint density at radius 3 is 2.77 bits per heavy atom. The Hall–Kier alpha value is -2.14. The Bertz CT molecular complexity index is 830. The van der Waals surface area contributed by atoms with Crippen LogP contribution in [-0.2, 0) is 11.2 Å². The molecule has 2 aliphatic rings. The van der Waals surface area contributed by atoms with Crippen LogP contribution in [0.5, 0.6) is 0 Å². The molecule has 1 N–H and O–H groups in total. The lowest BCUT2D eigenvalue weighted by atomic mass is 10.1. The van der Waals surface area contributed by atoms with Crippen LogP contribution in [0.4, 0.5) is 0 Å². The molecule has 2 aromatic rings. The van der Waals surface area contributed by atoms with Crippen LogP contribution < -0.4 is 5.32 Å². The van der Waals surface area contributed by atoms with E-state index in [1.165, 1.54) is 27.3 Å². The molecule has 26 heavy (non-hydrogen) atoms. The lowest BCUT2D eigenvalue weighted by Gasteiger charge is -2.17. The van der Waals surface area contributed by atoms with Crippen LogP contribution in [-0.4, -0.2) is 35.3 Å². The highest BCUT2D eigenvalue weighted by atomic mass is 32.1. The Morgan fingerprint density at radius 2 is 2.08 bits per heavy atom. The second kappa shape index (κ2) is 6.88. The van der Waals surface area contributed by atoms with E-state index in [-0.39, 0.29) is 17.9 Å². The summed E-state index contributed by atoms with van der Waals surface area (Å²) in [5.41, 5.74) is 2.53. The van der Waals surface area contributed by atoms with Gasteiger partial charge in [-0.05, 0) is 37.0 Å². The minimum atomic E-state index is -0.0838. The monoisotopic (exact) mass is 368 g/mol. The van der Waals surface area contributed by atoms with Crippen molar-refractivity contribution in [2.75, 3.05) is 6.54 Å². The summed E-state index contributed by atoms with van der Waals surface area (Å²) in [6.07, 6.45) is 2.38. The molecule has 0 spiro atoms.